The number of benzene rings is 4. The number of ether oxygens (including phenoxy) is 2. The van der Waals surface area contributed by atoms with E-state index >= 15 is 0 Å². The van der Waals surface area contributed by atoms with E-state index in [-0.39, 0.29) is 11.0 Å². The summed E-state index contributed by atoms with van der Waals surface area (Å²) in [7, 11) is 0. The van der Waals surface area contributed by atoms with Crippen LogP contribution in [0.3, 0.4) is 0 Å². The molecular formula is C45H49N3O2. The van der Waals surface area contributed by atoms with Crippen LogP contribution in [0.15, 0.2) is 108 Å². The summed E-state index contributed by atoms with van der Waals surface area (Å²) in [6, 6.07) is 34.4. The second kappa shape index (κ2) is 12.2. The first-order valence-corrected chi connectivity index (χ1v) is 17.9. The molecule has 0 amide bonds. The van der Waals surface area contributed by atoms with Crippen LogP contribution in [-0.4, -0.2) is 26.6 Å². The van der Waals surface area contributed by atoms with Crippen molar-refractivity contribution in [2.45, 2.75) is 91.7 Å². The average molecular weight is 664 g/mol. The lowest BCUT2D eigenvalue weighted by atomic mass is 9.76. The van der Waals surface area contributed by atoms with Crippen LogP contribution in [0.2, 0.25) is 0 Å². The summed E-state index contributed by atoms with van der Waals surface area (Å²) in [4.78, 5) is 10.1. The Morgan fingerprint density at radius 2 is 1.46 bits per heavy atom. The van der Waals surface area contributed by atoms with Gasteiger partial charge in [-0.05, 0) is 115 Å². The van der Waals surface area contributed by atoms with Crippen molar-refractivity contribution in [2.24, 2.45) is 10.9 Å². The Bertz CT molecular complexity index is 2250. The van der Waals surface area contributed by atoms with Gasteiger partial charge in [0.2, 0.25) is 5.90 Å². The van der Waals surface area contributed by atoms with Crippen LogP contribution in [-0.2, 0) is 10.2 Å². The SMILES string of the molecule is CC(C)c1cc(Oc2ccc3c4cc(-c5ccccc5)ccc4n(-c4cc(C(C)(C)C)ccn4)c3c2)cc(C2=N[C@](C)(C(C)C)C(C)(C)O2)c1. The van der Waals surface area contributed by atoms with E-state index in [1.165, 1.54) is 27.6 Å². The highest BCUT2D eigenvalue weighted by Crippen LogP contribution is 2.43. The molecule has 50 heavy (non-hydrogen) atoms. The topological polar surface area (TPSA) is 48.6 Å². The molecule has 1 aliphatic rings. The molecule has 3 heterocycles. The highest BCUT2D eigenvalue weighted by atomic mass is 16.5. The van der Waals surface area contributed by atoms with Gasteiger partial charge in [-0.1, -0.05) is 84.9 Å². The molecule has 2 aromatic heterocycles. The number of aliphatic imine (C=N–C) groups is 1. The maximum atomic E-state index is 6.74. The molecule has 0 N–H and O–H groups in total. The van der Waals surface area contributed by atoms with Crippen molar-refractivity contribution in [2.75, 3.05) is 0 Å². The predicted molar refractivity (Wildman–Crippen MR) is 208 cm³/mol. The molecule has 6 aromatic rings. The minimum absolute atomic E-state index is 0.0144. The monoisotopic (exact) mass is 663 g/mol. The van der Waals surface area contributed by atoms with Crippen LogP contribution in [0, 0.1) is 5.92 Å². The van der Waals surface area contributed by atoms with E-state index < -0.39 is 5.60 Å². The highest BCUT2D eigenvalue weighted by Gasteiger charge is 2.51. The smallest absolute Gasteiger partial charge is 0.217 e. The molecule has 256 valence electrons. The summed E-state index contributed by atoms with van der Waals surface area (Å²) in [5.74, 6) is 3.69. The molecule has 0 bridgehead atoms. The number of hydrogen-bond acceptors (Lipinski definition) is 4. The van der Waals surface area contributed by atoms with Gasteiger partial charge < -0.3 is 9.47 Å². The van der Waals surface area contributed by atoms with Crippen LogP contribution in [0.25, 0.3) is 38.8 Å². The number of fused-ring (bicyclic) bond motifs is 3. The number of aromatic nitrogens is 2. The predicted octanol–water partition coefficient (Wildman–Crippen LogP) is 12.0. The third-order valence-corrected chi connectivity index (χ3v) is 10.8. The summed E-state index contributed by atoms with van der Waals surface area (Å²) < 4.78 is 15.6. The first kappa shape index (κ1) is 33.6. The number of rotatable bonds is 7. The van der Waals surface area contributed by atoms with Gasteiger partial charge in [0.05, 0.1) is 11.0 Å². The quantitative estimate of drug-likeness (QED) is 0.171. The maximum Gasteiger partial charge on any atom is 0.217 e. The molecular weight excluding hydrogens is 615 g/mol. The van der Waals surface area contributed by atoms with Crippen LogP contribution in [0.1, 0.15) is 91.8 Å². The summed E-state index contributed by atoms with van der Waals surface area (Å²) >= 11 is 0. The molecule has 0 spiro atoms. The highest BCUT2D eigenvalue weighted by molar-refractivity contribution is 6.10. The Kier molecular flexibility index (Phi) is 8.16. The molecule has 0 radical (unpaired) electrons. The first-order valence-electron chi connectivity index (χ1n) is 17.9. The van der Waals surface area contributed by atoms with Gasteiger partial charge in [-0.25, -0.2) is 9.98 Å². The van der Waals surface area contributed by atoms with Crippen molar-refractivity contribution in [3.05, 3.63) is 120 Å². The van der Waals surface area contributed by atoms with Crippen molar-refractivity contribution in [1.82, 2.24) is 9.55 Å². The Labute approximate surface area is 297 Å². The van der Waals surface area contributed by atoms with Crippen molar-refractivity contribution in [3.8, 4) is 28.4 Å². The second-order valence-electron chi connectivity index (χ2n) is 16.1. The number of pyridine rings is 1. The molecule has 5 nitrogen and oxygen atoms in total. The van der Waals surface area contributed by atoms with Gasteiger partial charge in [0.25, 0.3) is 0 Å². The summed E-state index contributed by atoms with van der Waals surface area (Å²) in [6.07, 6.45) is 1.92. The molecule has 0 fully saturated rings. The average Bonchev–Trinajstić information content (AvgIpc) is 3.54. The fourth-order valence-corrected chi connectivity index (χ4v) is 7.06. The standard InChI is InChI=1S/C45H49N3O2/c1-28(2)32-22-33(42-47-45(10,29(3)4)44(8,9)50-42)24-36(23-32)49-35-17-18-37-38-25-31(30-14-12-11-13-15-30)16-19-39(38)48(40(37)27-35)41-26-34(20-21-46-41)43(5,6)7/h11-29H,1-10H3/t45-/m1/s1. The van der Waals surface area contributed by atoms with Crippen molar-refractivity contribution >= 4 is 27.7 Å². The fourth-order valence-electron chi connectivity index (χ4n) is 7.06. The van der Waals surface area contributed by atoms with Gasteiger partial charge in [-0.2, -0.15) is 0 Å². The molecule has 0 unspecified atom stereocenters. The Hall–Kier alpha value is -4.90. The Balaban J connectivity index is 1.37. The third kappa shape index (κ3) is 5.87. The zero-order chi connectivity index (χ0) is 35.6. The fraction of sp³-hybridized carbons (Fsp3) is 0.333. The van der Waals surface area contributed by atoms with Crippen molar-refractivity contribution in [1.29, 1.82) is 0 Å². The molecule has 1 atom stereocenters. The zero-order valence-corrected chi connectivity index (χ0v) is 31.1. The van der Waals surface area contributed by atoms with Gasteiger partial charge >= 0.3 is 0 Å². The van der Waals surface area contributed by atoms with Gasteiger partial charge in [0, 0.05) is 28.6 Å². The normalized spacial score (nSPS) is 17.5. The largest absolute Gasteiger partial charge is 0.469 e. The van der Waals surface area contributed by atoms with E-state index in [1.54, 1.807) is 0 Å². The lowest BCUT2D eigenvalue weighted by molar-refractivity contribution is 0.0306. The zero-order valence-electron chi connectivity index (χ0n) is 31.1. The van der Waals surface area contributed by atoms with E-state index in [1.807, 2.05) is 6.20 Å². The molecule has 0 saturated carbocycles. The molecule has 1 aliphatic heterocycles. The summed E-state index contributed by atoms with van der Waals surface area (Å²) in [5, 5.41) is 2.32. The van der Waals surface area contributed by atoms with E-state index in [0.29, 0.717) is 17.7 Å². The van der Waals surface area contributed by atoms with Gasteiger partial charge in [0.1, 0.15) is 28.5 Å². The first-order chi connectivity index (χ1) is 23.6. The van der Waals surface area contributed by atoms with Gasteiger partial charge in [0.15, 0.2) is 0 Å². The minimum Gasteiger partial charge on any atom is -0.469 e. The van der Waals surface area contributed by atoms with Crippen LogP contribution in [0.5, 0.6) is 11.5 Å². The van der Waals surface area contributed by atoms with E-state index in [4.69, 9.17) is 19.5 Å². The lowest BCUT2D eigenvalue weighted by Crippen LogP contribution is -2.47. The molecule has 0 saturated heterocycles. The number of hydrogen-bond donors (Lipinski definition) is 0. The van der Waals surface area contributed by atoms with Crippen molar-refractivity contribution < 1.29 is 9.47 Å². The van der Waals surface area contributed by atoms with Gasteiger partial charge in [-0.3, -0.25) is 4.57 Å². The van der Waals surface area contributed by atoms with E-state index in [2.05, 4.69) is 171 Å². The second-order valence-corrected chi connectivity index (χ2v) is 16.1. The Morgan fingerprint density at radius 3 is 2.14 bits per heavy atom. The van der Waals surface area contributed by atoms with Crippen molar-refractivity contribution in [3.63, 3.8) is 0 Å². The summed E-state index contributed by atoms with van der Waals surface area (Å²) in [6.45, 7) is 22.0. The Morgan fingerprint density at radius 1 is 0.700 bits per heavy atom. The van der Waals surface area contributed by atoms with Gasteiger partial charge in [-0.15, -0.1) is 0 Å². The molecule has 7 rings (SSSR count). The molecule has 4 aromatic carbocycles. The van der Waals surface area contributed by atoms with E-state index in [0.717, 1.165) is 39.3 Å². The van der Waals surface area contributed by atoms with Crippen LogP contribution < -0.4 is 4.74 Å². The summed E-state index contributed by atoms with van der Waals surface area (Å²) in [5.41, 5.74) is 7.08. The third-order valence-electron chi connectivity index (χ3n) is 10.8. The minimum atomic E-state index is -0.428. The number of nitrogens with zero attached hydrogens (tertiary/aromatic N) is 3. The lowest BCUT2D eigenvalue weighted by Gasteiger charge is -2.37. The molecule has 0 aliphatic carbocycles. The van der Waals surface area contributed by atoms with Crippen LogP contribution in [0.4, 0.5) is 0 Å². The van der Waals surface area contributed by atoms with E-state index in [9.17, 15) is 0 Å². The van der Waals surface area contributed by atoms with Crippen LogP contribution >= 0.6 is 0 Å². The maximum absolute atomic E-state index is 6.74. The molecule has 5 heteroatoms.